The number of hydrogen-bond donors (Lipinski definition) is 0. The lowest BCUT2D eigenvalue weighted by Crippen LogP contribution is -2.18. The van der Waals surface area contributed by atoms with Gasteiger partial charge in [-0.15, -0.1) is 11.3 Å². The molecule has 0 spiro atoms. The zero-order valence-corrected chi connectivity index (χ0v) is 11.0. The topological polar surface area (TPSA) is 52.0 Å². The summed E-state index contributed by atoms with van der Waals surface area (Å²) in [6.45, 7) is 2.48. The van der Waals surface area contributed by atoms with Gasteiger partial charge in [-0.05, 0) is 47.5 Å². The molecule has 0 aromatic carbocycles. The van der Waals surface area contributed by atoms with E-state index in [-0.39, 0.29) is 0 Å². The van der Waals surface area contributed by atoms with E-state index in [0.29, 0.717) is 6.54 Å². The van der Waals surface area contributed by atoms with Crippen molar-refractivity contribution in [1.29, 1.82) is 0 Å². The smallest absolute Gasteiger partial charge is 0.0325 e. The third-order valence-corrected chi connectivity index (χ3v) is 3.59. The minimum Gasteiger partial charge on any atom is -0.301 e. The number of thiophene rings is 1. The van der Waals surface area contributed by atoms with E-state index in [1.54, 1.807) is 11.3 Å². The van der Waals surface area contributed by atoms with Crippen LogP contribution in [0.2, 0.25) is 0 Å². The standard InChI is InChI=1S/C9H13BrN4S/c1-14(4-2-3-12-13-11)6-9-5-8(10)7-15-9/h5,7H,2-4,6H2,1H3. The van der Waals surface area contributed by atoms with Crippen LogP contribution >= 0.6 is 27.3 Å². The Bertz CT molecular complexity index is 346. The van der Waals surface area contributed by atoms with Gasteiger partial charge in [0.2, 0.25) is 0 Å². The van der Waals surface area contributed by atoms with E-state index in [0.717, 1.165) is 24.0 Å². The number of hydrogen-bond acceptors (Lipinski definition) is 3. The summed E-state index contributed by atoms with van der Waals surface area (Å²) in [5.74, 6) is 0. The Morgan fingerprint density at radius 3 is 3.07 bits per heavy atom. The van der Waals surface area contributed by atoms with Gasteiger partial charge in [0.1, 0.15) is 0 Å². The van der Waals surface area contributed by atoms with Crippen molar-refractivity contribution in [2.24, 2.45) is 5.11 Å². The molecule has 0 amide bonds. The first-order chi connectivity index (χ1) is 7.22. The number of nitrogens with zero attached hydrogens (tertiary/aromatic N) is 4. The van der Waals surface area contributed by atoms with Crippen molar-refractivity contribution in [2.45, 2.75) is 13.0 Å². The lowest BCUT2D eigenvalue weighted by atomic mass is 10.3. The molecule has 4 nitrogen and oxygen atoms in total. The Kier molecular flexibility index (Phi) is 5.71. The van der Waals surface area contributed by atoms with Gasteiger partial charge in [-0.3, -0.25) is 0 Å². The minimum absolute atomic E-state index is 0.578. The number of halogens is 1. The molecule has 6 heteroatoms. The van der Waals surface area contributed by atoms with E-state index >= 15 is 0 Å². The van der Waals surface area contributed by atoms with Crippen LogP contribution in [-0.2, 0) is 6.54 Å². The van der Waals surface area contributed by atoms with Crippen LogP contribution in [0.3, 0.4) is 0 Å². The Morgan fingerprint density at radius 2 is 2.47 bits per heavy atom. The Hall–Kier alpha value is -0.550. The first-order valence-corrected chi connectivity index (χ1v) is 6.32. The van der Waals surface area contributed by atoms with E-state index < -0.39 is 0 Å². The predicted molar refractivity (Wildman–Crippen MR) is 67.0 cm³/mol. The zero-order valence-electron chi connectivity index (χ0n) is 8.56. The zero-order chi connectivity index (χ0) is 11.1. The minimum atomic E-state index is 0.578. The van der Waals surface area contributed by atoms with Gasteiger partial charge in [0.15, 0.2) is 0 Å². The van der Waals surface area contributed by atoms with Crippen LogP contribution in [0.15, 0.2) is 21.0 Å². The van der Waals surface area contributed by atoms with Gasteiger partial charge in [0.05, 0.1) is 0 Å². The second-order valence-electron chi connectivity index (χ2n) is 3.28. The predicted octanol–water partition coefficient (Wildman–Crippen LogP) is 3.64. The van der Waals surface area contributed by atoms with E-state index in [9.17, 15) is 0 Å². The normalized spacial score (nSPS) is 10.3. The quantitative estimate of drug-likeness (QED) is 0.341. The van der Waals surface area contributed by atoms with Gasteiger partial charge in [-0.25, -0.2) is 0 Å². The molecule has 0 aliphatic heterocycles. The Labute approximate surface area is 102 Å². The maximum absolute atomic E-state index is 8.11. The first kappa shape index (κ1) is 12.5. The van der Waals surface area contributed by atoms with Crippen molar-refractivity contribution < 1.29 is 0 Å². The van der Waals surface area contributed by atoms with Crippen molar-refractivity contribution in [3.63, 3.8) is 0 Å². The van der Waals surface area contributed by atoms with E-state index in [1.807, 2.05) is 0 Å². The van der Waals surface area contributed by atoms with E-state index in [4.69, 9.17) is 5.53 Å². The average molecular weight is 289 g/mol. The largest absolute Gasteiger partial charge is 0.301 e. The van der Waals surface area contributed by atoms with Crippen molar-refractivity contribution >= 4 is 27.3 Å². The summed E-state index contributed by atoms with van der Waals surface area (Å²) in [6.07, 6.45) is 0.910. The Balaban J connectivity index is 2.23. The molecule has 1 aromatic rings. The van der Waals surface area contributed by atoms with Crippen LogP contribution in [0.5, 0.6) is 0 Å². The Morgan fingerprint density at radius 1 is 1.67 bits per heavy atom. The molecule has 0 atom stereocenters. The van der Waals surface area contributed by atoms with Gasteiger partial charge in [-0.1, -0.05) is 5.11 Å². The number of rotatable bonds is 6. The first-order valence-electron chi connectivity index (χ1n) is 4.64. The summed E-state index contributed by atoms with van der Waals surface area (Å²) in [5, 5.41) is 5.59. The lowest BCUT2D eigenvalue weighted by molar-refractivity contribution is 0.327. The molecule has 0 aliphatic carbocycles. The SMILES string of the molecule is CN(CCCN=[N+]=[N-])Cc1cc(Br)cs1. The summed E-state index contributed by atoms with van der Waals surface area (Å²) in [5.41, 5.74) is 8.11. The third-order valence-electron chi connectivity index (χ3n) is 1.91. The highest BCUT2D eigenvalue weighted by molar-refractivity contribution is 9.10. The fourth-order valence-electron chi connectivity index (χ4n) is 1.24. The second-order valence-corrected chi connectivity index (χ2v) is 5.19. The molecular weight excluding hydrogens is 276 g/mol. The van der Waals surface area contributed by atoms with Gasteiger partial charge < -0.3 is 4.90 Å². The molecule has 0 saturated heterocycles. The van der Waals surface area contributed by atoms with Crippen LogP contribution < -0.4 is 0 Å². The molecule has 82 valence electrons. The van der Waals surface area contributed by atoms with Gasteiger partial charge in [0, 0.05) is 32.7 Å². The molecule has 15 heavy (non-hydrogen) atoms. The van der Waals surface area contributed by atoms with Crippen LogP contribution in [0.4, 0.5) is 0 Å². The second kappa shape index (κ2) is 6.85. The molecule has 0 bridgehead atoms. The summed E-state index contributed by atoms with van der Waals surface area (Å²) in [6, 6.07) is 2.13. The summed E-state index contributed by atoms with van der Waals surface area (Å²) < 4.78 is 1.14. The summed E-state index contributed by atoms with van der Waals surface area (Å²) in [4.78, 5) is 6.29. The van der Waals surface area contributed by atoms with Gasteiger partial charge in [-0.2, -0.15) is 0 Å². The molecule has 0 radical (unpaired) electrons. The molecular formula is C9H13BrN4S. The van der Waals surface area contributed by atoms with Crippen molar-refractivity contribution in [2.75, 3.05) is 20.1 Å². The highest BCUT2D eigenvalue weighted by atomic mass is 79.9. The van der Waals surface area contributed by atoms with Crippen molar-refractivity contribution in [3.8, 4) is 0 Å². The van der Waals surface area contributed by atoms with E-state index in [2.05, 4.69) is 49.3 Å². The third kappa shape index (κ3) is 5.18. The maximum atomic E-state index is 8.11. The molecule has 0 aliphatic rings. The summed E-state index contributed by atoms with van der Waals surface area (Å²) in [7, 11) is 2.07. The molecule has 0 N–H and O–H groups in total. The van der Waals surface area contributed by atoms with Crippen molar-refractivity contribution in [3.05, 3.63) is 31.2 Å². The van der Waals surface area contributed by atoms with Crippen LogP contribution in [0, 0.1) is 0 Å². The van der Waals surface area contributed by atoms with Gasteiger partial charge >= 0.3 is 0 Å². The maximum Gasteiger partial charge on any atom is 0.0325 e. The molecule has 1 heterocycles. The molecule has 1 aromatic heterocycles. The average Bonchev–Trinajstić information content (AvgIpc) is 2.59. The molecule has 0 unspecified atom stereocenters. The number of azide groups is 1. The highest BCUT2D eigenvalue weighted by Gasteiger charge is 2.02. The lowest BCUT2D eigenvalue weighted by Gasteiger charge is -2.14. The van der Waals surface area contributed by atoms with Crippen LogP contribution in [0.1, 0.15) is 11.3 Å². The molecule has 0 saturated carbocycles. The fraction of sp³-hybridized carbons (Fsp3) is 0.556. The fourth-order valence-corrected chi connectivity index (χ4v) is 2.77. The van der Waals surface area contributed by atoms with Gasteiger partial charge in [0.25, 0.3) is 0 Å². The monoisotopic (exact) mass is 288 g/mol. The van der Waals surface area contributed by atoms with Crippen LogP contribution in [0.25, 0.3) is 10.4 Å². The molecule has 0 fully saturated rings. The highest BCUT2D eigenvalue weighted by Crippen LogP contribution is 2.20. The summed E-state index contributed by atoms with van der Waals surface area (Å²) >= 11 is 5.18. The van der Waals surface area contributed by atoms with Crippen LogP contribution in [-0.4, -0.2) is 25.0 Å². The molecule has 1 rings (SSSR count). The van der Waals surface area contributed by atoms with E-state index in [1.165, 1.54) is 4.88 Å². The van der Waals surface area contributed by atoms with Crippen molar-refractivity contribution in [1.82, 2.24) is 4.90 Å².